The topological polar surface area (TPSA) is 23.5 Å². The van der Waals surface area contributed by atoms with Crippen molar-refractivity contribution in [3.63, 3.8) is 0 Å². The molecule has 2 atom stereocenters. The molecule has 11 heavy (non-hydrogen) atoms. The van der Waals surface area contributed by atoms with Crippen LogP contribution < -0.4 is 0 Å². The lowest BCUT2D eigenvalue weighted by atomic mass is 10.0. The summed E-state index contributed by atoms with van der Waals surface area (Å²) in [5.74, 6) is 0. The van der Waals surface area contributed by atoms with Gasteiger partial charge in [-0.25, -0.2) is 0 Å². The van der Waals surface area contributed by atoms with Gasteiger partial charge in [0.15, 0.2) is 0 Å². The van der Waals surface area contributed by atoms with Gasteiger partial charge in [-0.15, -0.1) is 0 Å². The molecule has 0 bridgehead atoms. The Balaban J connectivity index is 2.01. The molecule has 2 aliphatic rings. The summed E-state index contributed by atoms with van der Waals surface area (Å²) in [5, 5.41) is 9.77. The van der Waals surface area contributed by atoms with Crippen molar-refractivity contribution >= 4 is 0 Å². The summed E-state index contributed by atoms with van der Waals surface area (Å²) in [7, 11) is 0. The molecular formula is C9H17NO. The summed E-state index contributed by atoms with van der Waals surface area (Å²) in [6, 6.07) is 1.40. The second kappa shape index (κ2) is 2.20. The zero-order valence-corrected chi connectivity index (χ0v) is 7.38. The highest BCUT2D eigenvalue weighted by Gasteiger charge is 2.43. The second-order valence-corrected chi connectivity index (χ2v) is 4.45. The molecule has 2 unspecified atom stereocenters. The van der Waals surface area contributed by atoms with Gasteiger partial charge in [-0.1, -0.05) is 0 Å². The molecule has 0 aromatic carbocycles. The van der Waals surface area contributed by atoms with E-state index in [1.165, 1.54) is 12.8 Å². The van der Waals surface area contributed by atoms with Crippen LogP contribution in [0, 0.1) is 0 Å². The molecule has 0 aromatic heterocycles. The van der Waals surface area contributed by atoms with Crippen molar-refractivity contribution in [2.24, 2.45) is 0 Å². The maximum atomic E-state index is 9.77. The minimum Gasteiger partial charge on any atom is -0.389 e. The summed E-state index contributed by atoms with van der Waals surface area (Å²) in [4.78, 5) is 2.46. The van der Waals surface area contributed by atoms with Gasteiger partial charge < -0.3 is 5.11 Å². The molecule has 0 amide bonds. The van der Waals surface area contributed by atoms with Crippen LogP contribution in [0.15, 0.2) is 0 Å². The van der Waals surface area contributed by atoms with E-state index < -0.39 is 5.60 Å². The average Bonchev–Trinajstić information content (AvgIpc) is 2.59. The number of β-amino-alcohol motifs (C(OH)–C–C–N with tert-alkyl or cyclic N) is 1. The molecule has 2 nitrogen and oxygen atoms in total. The zero-order chi connectivity index (χ0) is 8.06. The van der Waals surface area contributed by atoms with E-state index in [0.717, 1.165) is 19.0 Å². The SMILES string of the molecule is CC1CC(C)(O)CN1C1CC1. The Bertz CT molecular complexity index is 163. The monoisotopic (exact) mass is 155 g/mol. The van der Waals surface area contributed by atoms with Crippen LogP contribution in [0.1, 0.15) is 33.1 Å². The Kier molecular flexibility index (Phi) is 1.52. The van der Waals surface area contributed by atoms with Crippen LogP contribution in [0.3, 0.4) is 0 Å². The number of aliphatic hydroxyl groups is 1. The lowest BCUT2D eigenvalue weighted by molar-refractivity contribution is 0.0678. The molecule has 1 aliphatic carbocycles. The normalized spacial score (nSPS) is 46.6. The van der Waals surface area contributed by atoms with Gasteiger partial charge in [-0.2, -0.15) is 0 Å². The summed E-state index contributed by atoms with van der Waals surface area (Å²) in [5.41, 5.74) is -0.415. The predicted molar refractivity (Wildman–Crippen MR) is 44.4 cm³/mol. The van der Waals surface area contributed by atoms with E-state index >= 15 is 0 Å². The predicted octanol–water partition coefficient (Wildman–Crippen LogP) is 0.994. The van der Waals surface area contributed by atoms with Gasteiger partial charge in [0, 0.05) is 18.6 Å². The van der Waals surface area contributed by atoms with Gasteiger partial charge in [-0.05, 0) is 33.1 Å². The number of hydrogen-bond acceptors (Lipinski definition) is 2. The van der Waals surface area contributed by atoms with Crippen LogP contribution in [0.2, 0.25) is 0 Å². The van der Waals surface area contributed by atoms with Gasteiger partial charge in [0.2, 0.25) is 0 Å². The molecule has 64 valence electrons. The third kappa shape index (κ3) is 1.42. The van der Waals surface area contributed by atoms with Gasteiger partial charge in [-0.3, -0.25) is 4.90 Å². The molecule has 1 saturated heterocycles. The van der Waals surface area contributed by atoms with E-state index in [1.807, 2.05) is 6.92 Å². The van der Waals surface area contributed by atoms with E-state index in [9.17, 15) is 5.11 Å². The minimum atomic E-state index is -0.415. The van der Waals surface area contributed by atoms with Crippen LogP contribution in [0.5, 0.6) is 0 Å². The molecule has 1 aliphatic heterocycles. The van der Waals surface area contributed by atoms with Gasteiger partial charge >= 0.3 is 0 Å². The van der Waals surface area contributed by atoms with Gasteiger partial charge in [0.1, 0.15) is 0 Å². The first-order valence-corrected chi connectivity index (χ1v) is 4.57. The van der Waals surface area contributed by atoms with Crippen LogP contribution >= 0.6 is 0 Å². The fourth-order valence-electron chi connectivity index (χ4n) is 2.26. The highest BCUT2D eigenvalue weighted by molar-refractivity contribution is 4.98. The fraction of sp³-hybridized carbons (Fsp3) is 1.00. The first kappa shape index (κ1) is 7.56. The maximum Gasteiger partial charge on any atom is 0.0761 e. The van der Waals surface area contributed by atoms with Crippen molar-refractivity contribution in [3.8, 4) is 0 Å². The molecule has 2 fully saturated rings. The molecular weight excluding hydrogens is 138 g/mol. The van der Waals surface area contributed by atoms with Crippen LogP contribution in [0.25, 0.3) is 0 Å². The van der Waals surface area contributed by atoms with Crippen molar-refractivity contribution in [1.82, 2.24) is 4.90 Å². The van der Waals surface area contributed by atoms with Crippen molar-refractivity contribution < 1.29 is 5.11 Å². The van der Waals surface area contributed by atoms with Crippen molar-refractivity contribution in [1.29, 1.82) is 0 Å². The smallest absolute Gasteiger partial charge is 0.0761 e. The van der Waals surface area contributed by atoms with Crippen molar-refractivity contribution in [3.05, 3.63) is 0 Å². The highest BCUT2D eigenvalue weighted by Crippen LogP contribution is 2.36. The Labute approximate surface area is 68.2 Å². The van der Waals surface area contributed by atoms with Crippen LogP contribution in [-0.4, -0.2) is 34.2 Å². The van der Waals surface area contributed by atoms with Gasteiger partial charge in [0.05, 0.1) is 5.60 Å². The number of nitrogens with zero attached hydrogens (tertiary/aromatic N) is 1. The number of likely N-dealkylation sites (tertiary alicyclic amines) is 1. The molecule has 0 aromatic rings. The summed E-state index contributed by atoms with van der Waals surface area (Å²) < 4.78 is 0. The average molecular weight is 155 g/mol. The Hall–Kier alpha value is -0.0800. The van der Waals surface area contributed by atoms with E-state index in [2.05, 4.69) is 11.8 Å². The highest BCUT2D eigenvalue weighted by atomic mass is 16.3. The Morgan fingerprint density at radius 3 is 2.45 bits per heavy atom. The third-order valence-electron chi connectivity index (χ3n) is 2.84. The lowest BCUT2D eigenvalue weighted by Gasteiger charge is -2.20. The van der Waals surface area contributed by atoms with E-state index in [0.29, 0.717) is 6.04 Å². The minimum absolute atomic E-state index is 0.415. The van der Waals surface area contributed by atoms with Crippen molar-refractivity contribution in [2.75, 3.05) is 6.54 Å². The first-order valence-electron chi connectivity index (χ1n) is 4.57. The van der Waals surface area contributed by atoms with E-state index in [4.69, 9.17) is 0 Å². The fourth-order valence-corrected chi connectivity index (χ4v) is 2.26. The summed E-state index contributed by atoms with van der Waals surface area (Å²) >= 11 is 0. The molecule has 2 heteroatoms. The molecule has 1 saturated carbocycles. The Morgan fingerprint density at radius 1 is 1.45 bits per heavy atom. The largest absolute Gasteiger partial charge is 0.389 e. The molecule has 0 spiro atoms. The second-order valence-electron chi connectivity index (χ2n) is 4.45. The third-order valence-corrected chi connectivity index (χ3v) is 2.84. The van der Waals surface area contributed by atoms with E-state index in [1.54, 1.807) is 0 Å². The summed E-state index contributed by atoms with van der Waals surface area (Å²) in [6.45, 7) is 5.06. The summed E-state index contributed by atoms with van der Waals surface area (Å²) in [6.07, 6.45) is 3.64. The van der Waals surface area contributed by atoms with Crippen LogP contribution in [-0.2, 0) is 0 Å². The quantitative estimate of drug-likeness (QED) is 0.610. The molecule has 1 N–H and O–H groups in total. The zero-order valence-electron chi connectivity index (χ0n) is 7.38. The van der Waals surface area contributed by atoms with Crippen LogP contribution in [0.4, 0.5) is 0 Å². The van der Waals surface area contributed by atoms with Gasteiger partial charge in [0.25, 0.3) is 0 Å². The number of rotatable bonds is 1. The molecule has 1 heterocycles. The standard InChI is InChI=1S/C9H17NO/c1-7-5-9(2,11)6-10(7)8-3-4-8/h7-8,11H,3-6H2,1-2H3. The van der Waals surface area contributed by atoms with Crippen molar-refractivity contribution in [2.45, 2.75) is 50.8 Å². The molecule has 0 radical (unpaired) electrons. The Morgan fingerprint density at radius 2 is 2.09 bits per heavy atom. The maximum absolute atomic E-state index is 9.77. The molecule has 2 rings (SSSR count). The lowest BCUT2D eigenvalue weighted by Crippen LogP contribution is -2.32. The first-order chi connectivity index (χ1) is 5.08. The van der Waals surface area contributed by atoms with E-state index in [-0.39, 0.29) is 0 Å². The number of hydrogen-bond donors (Lipinski definition) is 1.